The average Bonchev–Trinajstić information content (AvgIpc) is 2.84. The molecule has 21 heavy (non-hydrogen) atoms. The molecule has 0 aliphatic carbocycles. The molecule has 4 heteroatoms. The van der Waals surface area contributed by atoms with Crippen molar-refractivity contribution in [1.82, 2.24) is 19.8 Å². The maximum absolute atomic E-state index is 4.63. The van der Waals surface area contributed by atoms with E-state index < -0.39 is 0 Å². The highest BCUT2D eigenvalue weighted by Gasteiger charge is 2.17. The molecule has 0 radical (unpaired) electrons. The molecule has 1 aromatic heterocycles. The number of fused-ring (bicyclic) bond motifs is 1. The van der Waals surface area contributed by atoms with Crippen LogP contribution >= 0.6 is 0 Å². The van der Waals surface area contributed by atoms with Gasteiger partial charge in [-0.15, -0.1) is 0 Å². The lowest BCUT2D eigenvalue weighted by molar-refractivity contribution is 0.206. The standard InChI is InChI=1S/C17H26N4/c1-3-20-11-8-15(9-12-20)18-10-13-21-14(2)19-16-6-4-5-7-17(16)21/h4-7,15,18H,3,8-13H2,1-2H3. The van der Waals surface area contributed by atoms with Crippen LogP contribution in [0.15, 0.2) is 24.3 Å². The molecule has 2 aromatic rings. The number of nitrogens with one attached hydrogen (secondary N) is 1. The van der Waals surface area contributed by atoms with E-state index in [1.54, 1.807) is 0 Å². The van der Waals surface area contributed by atoms with E-state index >= 15 is 0 Å². The van der Waals surface area contributed by atoms with E-state index in [1.165, 1.54) is 38.0 Å². The van der Waals surface area contributed by atoms with E-state index in [0.29, 0.717) is 6.04 Å². The SMILES string of the molecule is CCN1CCC(NCCn2c(C)nc3ccccc32)CC1. The Hall–Kier alpha value is -1.39. The highest BCUT2D eigenvalue weighted by molar-refractivity contribution is 5.75. The second-order valence-corrected chi connectivity index (χ2v) is 5.96. The molecule has 0 spiro atoms. The monoisotopic (exact) mass is 286 g/mol. The van der Waals surface area contributed by atoms with Crippen molar-refractivity contribution in [3.05, 3.63) is 30.1 Å². The number of hydrogen-bond donors (Lipinski definition) is 1. The van der Waals surface area contributed by atoms with Gasteiger partial charge in [0.15, 0.2) is 0 Å². The number of likely N-dealkylation sites (tertiary alicyclic amines) is 1. The van der Waals surface area contributed by atoms with Gasteiger partial charge in [-0.1, -0.05) is 19.1 Å². The number of imidazole rings is 1. The molecule has 1 saturated heterocycles. The summed E-state index contributed by atoms with van der Waals surface area (Å²) in [5.74, 6) is 1.11. The van der Waals surface area contributed by atoms with Crippen LogP contribution in [0.3, 0.4) is 0 Å². The predicted octanol–water partition coefficient (Wildman–Crippen LogP) is 2.42. The van der Waals surface area contributed by atoms with Gasteiger partial charge in [0.25, 0.3) is 0 Å². The summed E-state index contributed by atoms with van der Waals surface area (Å²) in [6.07, 6.45) is 2.55. The number of nitrogens with zero attached hydrogens (tertiary/aromatic N) is 3. The summed E-state index contributed by atoms with van der Waals surface area (Å²) in [5.41, 5.74) is 2.35. The molecule has 0 unspecified atom stereocenters. The number of rotatable bonds is 5. The van der Waals surface area contributed by atoms with Crippen molar-refractivity contribution in [1.29, 1.82) is 0 Å². The number of aryl methyl sites for hydroxylation is 1. The van der Waals surface area contributed by atoms with Crippen molar-refractivity contribution in [2.45, 2.75) is 39.3 Å². The number of piperidine rings is 1. The number of hydrogen-bond acceptors (Lipinski definition) is 3. The predicted molar refractivity (Wildman–Crippen MR) is 87.6 cm³/mol. The van der Waals surface area contributed by atoms with Crippen LogP contribution in [0, 0.1) is 6.92 Å². The Morgan fingerprint density at radius 2 is 2.00 bits per heavy atom. The van der Waals surface area contributed by atoms with Crippen LogP contribution in [0.25, 0.3) is 11.0 Å². The summed E-state index contributed by atoms with van der Waals surface area (Å²) in [4.78, 5) is 7.16. The van der Waals surface area contributed by atoms with Crippen LogP contribution in [0.1, 0.15) is 25.6 Å². The third-order valence-corrected chi connectivity index (χ3v) is 4.65. The number of para-hydroxylation sites is 2. The minimum atomic E-state index is 0.683. The lowest BCUT2D eigenvalue weighted by Gasteiger charge is -2.31. The Bertz CT molecular complexity index is 581. The van der Waals surface area contributed by atoms with E-state index in [-0.39, 0.29) is 0 Å². The van der Waals surface area contributed by atoms with Gasteiger partial charge in [-0.25, -0.2) is 4.98 Å². The van der Waals surface area contributed by atoms with E-state index in [9.17, 15) is 0 Å². The largest absolute Gasteiger partial charge is 0.327 e. The second-order valence-electron chi connectivity index (χ2n) is 5.96. The molecule has 1 aromatic carbocycles. The molecular formula is C17H26N4. The molecule has 0 atom stereocenters. The highest BCUT2D eigenvalue weighted by Crippen LogP contribution is 2.15. The van der Waals surface area contributed by atoms with Crippen LogP contribution in [0.2, 0.25) is 0 Å². The highest BCUT2D eigenvalue weighted by atomic mass is 15.1. The van der Waals surface area contributed by atoms with Crippen molar-refractivity contribution in [3.63, 3.8) is 0 Å². The first-order valence-corrected chi connectivity index (χ1v) is 8.15. The van der Waals surface area contributed by atoms with E-state index in [1.807, 2.05) is 0 Å². The van der Waals surface area contributed by atoms with Crippen molar-refractivity contribution < 1.29 is 0 Å². The summed E-state index contributed by atoms with van der Waals surface area (Å²) in [7, 11) is 0. The van der Waals surface area contributed by atoms with Gasteiger partial charge in [0, 0.05) is 19.1 Å². The maximum Gasteiger partial charge on any atom is 0.106 e. The Morgan fingerprint density at radius 1 is 1.24 bits per heavy atom. The summed E-state index contributed by atoms with van der Waals surface area (Å²) >= 11 is 0. The molecule has 0 amide bonds. The van der Waals surface area contributed by atoms with Crippen LogP contribution in [-0.4, -0.2) is 46.7 Å². The van der Waals surface area contributed by atoms with Crippen LogP contribution < -0.4 is 5.32 Å². The number of benzene rings is 1. The zero-order valence-electron chi connectivity index (χ0n) is 13.2. The van der Waals surface area contributed by atoms with Crippen molar-refractivity contribution in [2.75, 3.05) is 26.2 Å². The van der Waals surface area contributed by atoms with Crippen LogP contribution in [0.5, 0.6) is 0 Å². The van der Waals surface area contributed by atoms with E-state index in [2.05, 4.69) is 57.9 Å². The average molecular weight is 286 g/mol. The van der Waals surface area contributed by atoms with Gasteiger partial charge in [0.05, 0.1) is 11.0 Å². The van der Waals surface area contributed by atoms with Crippen LogP contribution in [-0.2, 0) is 6.54 Å². The van der Waals surface area contributed by atoms with Gasteiger partial charge in [0.2, 0.25) is 0 Å². The van der Waals surface area contributed by atoms with Gasteiger partial charge >= 0.3 is 0 Å². The smallest absolute Gasteiger partial charge is 0.106 e. The fourth-order valence-electron chi connectivity index (χ4n) is 3.31. The van der Waals surface area contributed by atoms with Crippen molar-refractivity contribution in [3.8, 4) is 0 Å². The Balaban J connectivity index is 1.54. The summed E-state index contributed by atoms with van der Waals surface area (Å²) in [6, 6.07) is 9.08. The van der Waals surface area contributed by atoms with Gasteiger partial charge in [-0.3, -0.25) is 0 Å². The fraction of sp³-hybridized carbons (Fsp3) is 0.588. The van der Waals surface area contributed by atoms with E-state index in [0.717, 1.165) is 24.4 Å². The van der Waals surface area contributed by atoms with Gasteiger partial charge in [-0.05, 0) is 51.5 Å². The Labute approximate surface area is 127 Å². The minimum Gasteiger partial charge on any atom is -0.327 e. The number of aromatic nitrogens is 2. The molecule has 1 N–H and O–H groups in total. The summed E-state index contributed by atoms with van der Waals surface area (Å²) in [6.45, 7) is 10.0. The lowest BCUT2D eigenvalue weighted by atomic mass is 10.1. The summed E-state index contributed by atoms with van der Waals surface area (Å²) in [5, 5.41) is 3.72. The zero-order valence-corrected chi connectivity index (χ0v) is 13.2. The summed E-state index contributed by atoms with van der Waals surface area (Å²) < 4.78 is 2.32. The molecule has 1 aliphatic heterocycles. The fourth-order valence-corrected chi connectivity index (χ4v) is 3.31. The molecule has 3 rings (SSSR count). The first kappa shape index (κ1) is 14.5. The quantitative estimate of drug-likeness (QED) is 0.916. The third-order valence-electron chi connectivity index (χ3n) is 4.65. The molecule has 114 valence electrons. The normalized spacial score (nSPS) is 17.6. The third kappa shape index (κ3) is 3.27. The topological polar surface area (TPSA) is 33.1 Å². The minimum absolute atomic E-state index is 0.683. The molecule has 0 bridgehead atoms. The molecule has 1 aliphatic rings. The molecular weight excluding hydrogens is 260 g/mol. The Morgan fingerprint density at radius 3 is 2.76 bits per heavy atom. The van der Waals surface area contributed by atoms with Crippen LogP contribution in [0.4, 0.5) is 0 Å². The molecule has 2 heterocycles. The molecule has 4 nitrogen and oxygen atoms in total. The van der Waals surface area contributed by atoms with Gasteiger partial charge in [0.1, 0.15) is 5.82 Å². The molecule has 1 fully saturated rings. The van der Waals surface area contributed by atoms with Gasteiger partial charge < -0.3 is 14.8 Å². The van der Waals surface area contributed by atoms with Crippen molar-refractivity contribution >= 4 is 11.0 Å². The zero-order chi connectivity index (χ0) is 14.7. The maximum atomic E-state index is 4.63. The van der Waals surface area contributed by atoms with E-state index in [4.69, 9.17) is 0 Å². The Kier molecular flexibility index (Phi) is 4.56. The first-order chi connectivity index (χ1) is 10.3. The molecule has 0 saturated carbocycles. The first-order valence-electron chi connectivity index (χ1n) is 8.15. The lowest BCUT2D eigenvalue weighted by Crippen LogP contribution is -2.43. The van der Waals surface area contributed by atoms with Crippen molar-refractivity contribution in [2.24, 2.45) is 0 Å². The second kappa shape index (κ2) is 6.58. The van der Waals surface area contributed by atoms with Gasteiger partial charge in [-0.2, -0.15) is 0 Å².